The van der Waals surface area contributed by atoms with E-state index >= 15 is 0 Å². The van der Waals surface area contributed by atoms with Gasteiger partial charge in [-0.2, -0.15) is 0 Å². The van der Waals surface area contributed by atoms with E-state index in [1.165, 1.54) is 25.7 Å². The topological polar surface area (TPSA) is 42.3 Å². The first-order chi connectivity index (χ1) is 9.74. The summed E-state index contributed by atoms with van der Waals surface area (Å²) in [7, 11) is 3.89. The zero-order valence-corrected chi connectivity index (χ0v) is 13.0. The number of methoxy groups -OCH3 is 1. The standard InChI is InChI=1S/C15H28N4O/c1-4-18(2)12-14(20-3)11-17-15-16-9-10-19(15)13-7-5-6-8-13/h9-10,13-14H,4-8,11-12H2,1-3H3,(H,16,17). The van der Waals surface area contributed by atoms with Crippen molar-refractivity contribution in [3.8, 4) is 0 Å². The molecule has 1 heterocycles. The molecule has 0 aromatic carbocycles. The lowest BCUT2D eigenvalue weighted by Gasteiger charge is -2.23. The van der Waals surface area contributed by atoms with E-state index in [-0.39, 0.29) is 6.10 Å². The molecule has 0 spiro atoms. The number of imidazole rings is 1. The normalized spacial score (nSPS) is 17.8. The number of anilines is 1. The van der Waals surface area contributed by atoms with Crippen LogP contribution in [-0.4, -0.2) is 54.3 Å². The molecule has 0 aliphatic heterocycles. The van der Waals surface area contributed by atoms with Gasteiger partial charge in [-0.15, -0.1) is 0 Å². The van der Waals surface area contributed by atoms with Gasteiger partial charge >= 0.3 is 0 Å². The maximum atomic E-state index is 5.55. The number of ether oxygens (including phenoxy) is 1. The van der Waals surface area contributed by atoms with E-state index in [0.717, 1.165) is 25.6 Å². The Morgan fingerprint density at radius 2 is 2.25 bits per heavy atom. The fourth-order valence-electron chi connectivity index (χ4n) is 2.83. The second kappa shape index (κ2) is 7.64. The summed E-state index contributed by atoms with van der Waals surface area (Å²) in [5.41, 5.74) is 0. The number of nitrogens with one attached hydrogen (secondary N) is 1. The van der Waals surface area contributed by atoms with Crippen molar-refractivity contribution in [1.29, 1.82) is 0 Å². The third kappa shape index (κ3) is 3.96. The molecule has 1 N–H and O–H groups in total. The lowest BCUT2D eigenvalue weighted by molar-refractivity contribution is 0.0825. The SMILES string of the molecule is CCN(C)CC(CNc1nccn1C1CCCC1)OC. The van der Waals surface area contributed by atoms with Crippen LogP contribution in [0.1, 0.15) is 38.6 Å². The van der Waals surface area contributed by atoms with E-state index in [1.807, 2.05) is 6.20 Å². The van der Waals surface area contributed by atoms with Crippen molar-refractivity contribution in [2.24, 2.45) is 0 Å². The molecule has 5 heteroatoms. The Balaban J connectivity index is 1.88. The maximum absolute atomic E-state index is 5.55. The Morgan fingerprint density at radius 3 is 2.90 bits per heavy atom. The van der Waals surface area contributed by atoms with Crippen molar-refractivity contribution >= 4 is 5.95 Å². The quantitative estimate of drug-likeness (QED) is 0.794. The minimum Gasteiger partial charge on any atom is -0.378 e. The van der Waals surface area contributed by atoms with Gasteiger partial charge in [0.15, 0.2) is 0 Å². The van der Waals surface area contributed by atoms with Gasteiger partial charge in [0.25, 0.3) is 0 Å². The van der Waals surface area contributed by atoms with Gasteiger partial charge in [0.1, 0.15) is 0 Å². The van der Waals surface area contributed by atoms with E-state index in [0.29, 0.717) is 6.04 Å². The van der Waals surface area contributed by atoms with Crippen LogP contribution >= 0.6 is 0 Å². The summed E-state index contributed by atoms with van der Waals surface area (Å²) in [6.45, 7) is 4.93. The predicted octanol–water partition coefficient (Wildman–Crippen LogP) is 2.38. The van der Waals surface area contributed by atoms with Crippen LogP contribution in [0.15, 0.2) is 12.4 Å². The van der Waals surface area contributed by atoms with Gasteiger partial charge in [-0.1, -0.05) is 19.8 Å². The fourth-order valence-corrected chi connectivity index (χ4v) is 2.83. The zero-order chi connectivity index (χ0) is 14.4. The Morgan fingerprint density at radius 1 is 1.50 bits per heavy atom. The highest BCUT2D eigenvalue weighted by Gasteiger charge is 2.19. The highest BCUT2D eigenvalue weighted by Crippen LogP contribution is 2.31. The molecular formula is C15H28N4O. The number of nitrogens with zero attached hydrogens (tertiary/aromatic N) is 3. The Hall–Kier alpha value is -1.07. The Labute approximate surface area is 122 Å². The predicted molar refractivity (Wildman–Crippen MR) is 82.2 cm³/mol. The van der Waals surface area contributed by atoms with Gasteiger partial charge in [0.2, 0.25) is 5.95 Å². The number of hydrogen-bond donors (Lipinski definition) is 1. The van der Waals surface area contributed by atoms with Crippen LogP contribution < -0.4 is 5.32 Å². The van der Waals surface area contributed by atoms with Gasteiger partial charge in [-0.25, -0.2) is 4.98 Å². The third-order valence-corrected chi connectivity index (χ3v) is 4.26. The van der Waals surface area contributed by atoms with Crippen molar-refractivity contribution in [1.82, 2.24) is 14.5 Å². The summed E-state index contributed by atoms with van der Waals surface area (Å²) in [5.74, 6) is 0.984. The van der Waals surface area contributed by atoms with Gasteiger partial charge < -0.3 is 19.5 Å². The van der Waals surface area contributed by atoms with Crippen LogP contribution in [0, 0.1) is 0 Å². The van der Waals surface area contributed by atoms with Crippen molar-refractivity contribution in [3.63, 3.8) is 0 Å². The molecule has 114 valence electrons. The number of likely N-dealkylation sites (N-methyl/N-ethyl adjacent to an activating group) is 1. The van der Waals surface area contributed by atoms with Crippen LogP contribution in [0.25, 0.3) is 0 Å². The molecule has 1 unspecified atom stereocenters. The highest BCUT2D eigenvalue weighted by atomic mass is 16.5. The van der Waals surface area contributed by atoms with E-state index < -0.39 is 0 Å². The van der Waals surface area contributed by atoms with E-state index in [4.69, 9.17) is 4.74 Å². The average Bonchev–Trinajstić information content (AvgIpc) is 3.12. The molecule has 5 nitrogen and oxygen atoms in total. The van der Waals surface area contributed by atoms with Gasteiger partial charge in [0, 0.05) is 38.6 Å². The van der Waals surface area contributed by atoms with E-state index in [9.17, 15) is 0 Å². The Bertz CT molecular complexity index is 387. The summed E-state index contributed by atoms with van der Waals surface area (Å²) < 4.78 is 7.84. The van der Waals surface area contributed by atoms with Crippen LogP contribution in [0.4, 0.5) is 5.95 Å². The van der Waals surface area contributed by atoms with Crippen LogP contribution in [-0.2, 0) is 4.74 Å². The highest BCUT2D eigenvalue weighted by molar-refractivity contribution is 5.27. The molecule has 0 bridgehead atoms. The van der Waals surface area contributed by atoms with Gasteiger partial charge in [-0.3, -0.25) is 0 Å². The second-order valence-corrected chi connectivity index (χ2v) is 5.69. The van der Waals surface area contributed by atoms with Crippen LogP contribution in [0.3, 0.4) is 0 Å². The summed E-state index contributed by atoms with van der Waals surface area (Å²) in [6, 6.07) is 0.624. The molecule has 0 radical (unpaired) electrons. The molecule has 0 amide bonds. The largest absolute Gasteiger partial charge is 0.378 e. The minimum absolute atomic E-state index is 0.189. The molecule has 20 heavy (non-hydrogen) atoms. The molecule has 1 saturated carbocycles. The first-order valence-corrected chi connectivity index (χ1v) is 7.72. The number of rotatable bonds is 8. The van der Waals surface area contributed by atoms with Gasteiger partial charge in [0.05, 0.1) is 6.10 Å². The minimum atomic E-state index is 0.189. The van der Waals surface area contributed by atoms with E-state index in [2.05, 4.69) is 39.9 Å². The van der Waals surface area contributed by atoms with E-state index in [1.54, 1.807) is 7.11 Å². The average molecular weight is 280 g/mol. The number of hydrogen-bond acceptors (Lipinski definition) is 4. The molecule has 1 aromatic rings. The Kier molecular flexibility index (Phi) is 5.86. The first kappa shape index (κ1) is 15.3. The summed E-state index contributed by atoms with van der Waals surface area (Å²) in [5, 5.41) is 3.45. The van der Waals surface area contributed by atoms with Crippen LogP contribution in [0.5, 0.6) is 0 Å². The van der Waals surface area contributed by atoms with Crippen molar-refractivity contribution in [3.05, 3.63) is 12.4 Å². The molecular weight excluding hydrogens is 252 g/mol. The monoisotopic (exact) mass is 280 g/mol. The zero-order valence-electron chi connectivity index (χ0n) is 13.0. The van der Waals surface area contributed by atoms with Crippen molar-refractivity contribution in [2.75, 3.05) is 39.1 Å². The third-order valence-electron chi connectivity index (χ3n) is 4.26. The first-order valence-electron chi connectivity index (χ1n) is 7.72. The number of aromatic nitrogens is 2. The molecule has 1 aliphatic rings. The van der Waals surface area contributed by atoms with Crippen LogP contribution in [0.2, 0.25) is 0 Å². The summed E-state index contributed by atoms with van der Waals surface area (Å²) >= 11 is 0. The smallest absolute Gasteiger partial charge is 0.203 e. The van der Waals surface area contributed by atoms with Crippen molar-refractivity contribution in [2.45, 2.75) is 44.8 Å². The molecule has 1 atom stereocenters. The molecule has 1 fully saturated rings. The lowest BCUT2D eigenvalue weighted by Crippen LogP contribution is -2.35. The summed E-state index contributed by atoms with van der Waals surface area (Å²) in [6.07, 6.45) is 9.40. The summed E-state index contributed by atoms with van der Waals surface area (Å²) in [4.78, 5) is 6.71. The lowest BCUT2D eigenvalue weighted by atomic mass is 10.2. The fraction of sp³-hybridized carbons (Fsp3) is 0.800. The maximum Gasteiger partial charge on any atom is 0.203 e. The molecule has 1 aromatic heterocycles. The molecule has 2 rings (SSSR count). The molecule has 0 saturated heterocycles. The second-order valence-electron chi connectivity index (χ2n) is 5.69. The molecule has 1 aliphatic carbocycles. The van der Waals surface area contributed by atoms with Crippen molar-refractivity contribution < 1.29 is 4.74 Å². The van der Waals surface area contributed by atoms with Gasteiger partial charge in [-0.05, 0) is 26.4 Å².